The first-order chi connectivity index (χ1) is 6.73. The van der Waals surface area contributed by atoms with Gasteiger partial charge in [-0.3, -0.25) is 0 Å². The molecular formula is C13H27N. The van der Waals surface area contributed by atoms with E-state index in [-0.39, 0.29) is 0 Å². The predicted molar refractivity (Wildman–Crippen MR) is 63.6 cm³/mol. The molecule has 14 heavy (non-hydrogen) atoms. The van der Waals surface area contributed by atoms with Crippen molar-refractivity contribution in [2.45, 2.75) is 71.3 Å². The molecule has 1 aliphatic heterocycles. The van der Waals surface area contributed by atoms with Crippen molar-refractivity contribution in [3.05, 3.63) is 0 Å². The van der Waals surface area contributed by atoms with Gasteiger partial charge in [0.25, 0.3) is 0 Å². The molecule has 0 aromatic rings. The second-order valence-corrected chi connectivity index (χ2v) is 5.08. The zero-order valence-corrected chi connectivity index (χ0v) is 10.2. The summed E-state index contributed by atoms with van der Waals surface area (Å²) in [6.45, 7) is 8.27. The summed E-state index contributed by atoms with van der Waals surface area (Å²) in [5.74, 6) is 0.939. The van der Waals surface area contributed by atoms with Crippen LogP contribution in [-0.2, 0) is 0 Å². The van der Waals surface area contributed by atoms with Crippen molar-refractivity contribution < 1.29 is 0 Å². The average molecular weight is 197 g/mol. The van der Waals surface area contributed by atoms with Crippen molar-refractivity contribution in [2.24, 2.45) is 5.92 Å². The lowest BCUT2D eigenvalue weighted by Crippen LogP contribution is -2.41. The maximum absolute atomic E-state index is 3.73. The molecule has 1 rings (SSSR count). The standard InChI is InChI=1S/C13H27N/c1-4-6-8-12-9-11-14-13(12,3)10-7-5-2/h12,14H,4-11H2,1-3H3. The summed E-state index contributed by atoms with van der Waals surface area (Å²) in [7, 11) is 0. The molecule has 0 aromatic heterocycles. The molecule has 2 unspecified atom stereocenters. The van der Waals surface area contributed by atoms with Crippen LogP contribution in [0, 0.1) is 5.92 Å². The fourth-order valence-corrected chi connectivity index (χ4v) is 2.74. The molecular weight excluding hydrogens is 170 g/mol. The van der Waals surface area contributed by atoms with Crippen LogP contribution in [0.25, 0.3) is 0 Å². The second kappa shape index (κ2) is 5.75. The van der Waals surface area contributed by atoms with Crippen LogP contribution in [0.2, 0.25) is 0 Å². The topological polar surface area (TPSA) is 12.0 Å². The van der Waals surface area contributed by atoms with Gasteiger partial charge in [-0.05, 0) is 38.6 Å². The smallest absolute Gasteiger partial charge is 0.0181 e. The molecule has 0 spiro atoms. The zero-order valence-electron chi connectivity index (χ0n) is 10.2. The molecule has 0 amide bonds. The summed E-state index contributed by atoms with van der Waals surface area (Å²) in [5.41, 5.74) is 0.463. The van der Waals surface area contributed by atoms with Crippen molar-refractivity contribution >= 4 is 0 Å². The second-order valence-electron chi connectivity index (χ2n) is 5.08. The number of hydrogen-bond donors (Lipinski definition) is 1. The highest BCUT2D eigenvalue weighted by atomic mass is 15.0. The van der Waals surface area contributed by atoms with Gasteiger partial charge in [0.1, 0.15) is 0 Å². The van der Waals surface area contributed by atoms with Crippen LogP contribution in [0.4, 0.5) is 0 Å². The van der Waals surface area contributed by atoms with Crippen molar-refractivity contribution in [1.29, 1.82) is 0 Å². The monoisotopic (exact) mass is 197 g/mol. The maximum Gasteiger partial charge on any atom is 0.0181 e. The molecule has 1 nitrogen and oxygen atoms in total. The van der Waals surface area contributed by atoms with Gasteiger partial charge >= 0.3 is 0 Å². The van der Waals surface area contributed by atoms with Gasteiger partial charge in [0, 0.05) is 5.54 Å². The minimum atomic E-state index is 0.463. The largest absolute Gasteiger partial charge is 0.311 e. The Hall–Kier alpha value is -0.0400. The quantitative estimate of drug-likeness (QED) is 0.684. The summed E-state index contributed by atoms with van der Waals surface area (Å²) >= 11 is 0. The molecule has 1 heteroatoms. The predicted octanol–water partition coefficient (Wildman–Crippen LogP) is 3.74. The normalized spacial score (nSPS) is 32.4. The molecule has 1 N–H and O–H groups in total. The SMILES string of the molecule is CCCCC1CCNC1(C)CCCC. The number of unbranched alkanes of at least 4 members (excludes halogenated alkanes) is 2. The molecule has 0 saturated carbocycles. The summed E-state index contributed by atoms with van der Waals surface area (Å²) in [6.07, 6.45) is 9.68. The van der Waals surface area contributed by atoms with Crippen LogP contribution in [0.5, 0.6) is 0 Å². The molecule has 0 radical (unpaired) electrons. The lowest BCUT2D eigenvalue weighted by atomic mass is 9.80. The molecule has 0 aromatic carbocycles. The Morgan fingerprint density at radius 3 is 2.57 bits per heavy atom. The van der Waals surface area contributed by atoms with Gasteiger partial charge in [-0.25, -0.2) is 0 Å². The lowest BCUT2D eigenvalue weighted by Gasteiger charge is -2.32. The number of hydrogen-bond acceptors (Lipinski definition) is 1. The number of rotatable bonds is 6. The van der Waals surface area contributed by atoms with E-state index in [0.717, 1.165) is 5.92 Å². The van der Waals surface area contributed by atoms with Gasteiger partial charge in [-0.1, -0.05) is 39.5 Å². The van der Waals surface area contributed by atoms with E-state index in [9.17, 15) is 0 Å². The van der Waals surface area contributed by atoms with E-state index in [4.69, 9.17) is 0 Å². The third-order valence-corrected chi connectivity index (χ3v) is 3.88. The first-order valence-electron chi connectivity index (χ1n) is 6.48. The van der Waals surface area contributed by atoms with Crippen molar-refractivity contribution in [1.82, 2.24) is 5.32 Å². The Kier molecular flexibility index (Phi) is 4.94. The highest BCUT2D eigenvalue weighted by Gasteiger charge is 2.36. The fraction of sp³-hybridized carbons (Fsp3) is 1.00. The van der Waals surface area contributed by atoms with Crippen molar-refractivity contribution in [2.75, 3.05) is 6.54 Å². The Bertz CT molecular complexity index is 155. The Labute approximate surface area is 89.7 Å². The molecule has 1 aliphatic rings. The van der Waals surface area contributed by atoms with Gasteiger partial charge in [0.2, 0.25) is 0 Å². The molecule has 0 aliphatic carbocycles. The third kappa shape index (κ3) is 2.98. The summed E-state index contributed by atoms with van der Waals surface area (Å²) in [4.78, 5) is 0. The Morgan fingerprint density at radius 1 is 1.21 bits per heavy atom. The summed E-state index contributed by atoms with van der Waals surface area (Å²) in [6, 6.07) is 0. The van der Waals surface area contributed by atoms with Gasteiger partial charge in [-0.15, -0.1) is 0 Å². The van der Waals surface area contributed by atoms with Gasteiger partial charge < -0.3 is 5.32 Å². The van der Waals surface area contributed by atoms with Crippen LogP contribution < -0.4 is 5.32 Å². The highest BCUT2D eigenvalue weighted by Crippen LogP contribution is 2.34. The molecule has 0 bridgehead atoms. The first kappa shape index (κ1) is 12.0. The molecule has 1 fully saturated rings. The summed E-state index contributed by atoms with van der Waals surface area (Å²) < 4.78 is 0. The van der Waals surface area contributed by atoms with Gasteiger partial charge in [0.05, 0.1) is 0 Å². The van der Waals surface area contributed by atoms with E-state index >= 15 is 0 Å². The van der Waals surface area contributed by atoms with Crippen LogP contribution in [0.1, 0.15) is 65.7 Å². The molecule has 1 heterocycles. The third-order valence-electron chi connectivity index (χ3n) is 3.88. The number of nitrogens with one attached hydrogen (secondary N) is 1. The van der Waals surface area contributed by atoms with E-state index in [2.05, 4.69) is 26.1 Å². The van der Waals surface area contributed by atoms with E-state index < -0.39 is 0 Å². The van der Waals surface area contributed by atoms with E-state index in [1.54, 1.807) is 0 Å². The van der Waals surface area contributed by atoms with Crippen LogP contribution >= 0.6 is 0 Å². The minimum absolute atomic E-state index is 0.463. The highest BCUT2D eigenvalue weighted by molar-refractivity contribution is 4.95. The zero-order chi connectivity index (χ0) is 10.4. The Morgan fingerprint density at radius 2 is 1.93 bits per heavy atom. The minimum Gasteiger partial charge on any atom is -0.311 e. The maximum atomic E-state index is 3.73. The van der Waals surface area contributed by atoms with E-state index in [1.807, 2.05) is 0 Å². The van der Waals surface area contributed by atoms with E-state index in [1.165, 1.54) is 51.5 Å². The summed E-state index contributed by atoms with van der Waals surface area (Å²) in [5, 5.41) is 3.73. The average Bonchev–Trinajstić information content (AvgIpc) is 2.54. The van der Waals surface area contributed by atoms with Crippen LogP contribution in [0.3, 0.4) is 0 Å². The van der Waals surface area contributed by atoms with Crippen molar-refractivity contribution in [3.63, 3.8) is 0 Å². The van der Waals surface area contributed by atoms with Gasteiger partial charge in [-0.2, -0.15) is 0 Å². The van der Waals surface area contributed by atoms with Crippen LogP contribution in [0.15, 0.2) is 0 Å². The fourth-order valence-electron chi connectivity index (χ4n) is 2.74. The molecule has 1 saturated heterocycles. The van der Waals surface area contributed by atoms with Crippen LogP contribution in [-0.4, -0.2) is 12.1 Å². The van der Waals surface area contributed by atoms with E-state index in [0.29, 0.717) is 5.54 Å². The molecule has 2 atom stereocenters. The Balaban J connectivity index is 2.39. The first-order valence-corrected chi connectivity index (χ1v) is 6.48. The van der Waals surface area contributed by atoms with Gasteiger partial charge in [0.15, 0.2) is 0 Å². The lowest BCUT2D eigenvalue weighted by molar-refractivity contribution is 0.259. The van der Waals surface area contributed by atoms with Crippen molar-refractivity contribution in [3.8, 4) is 0 Å². The molecule has 84 valence electrons.